The summed E-state index contributed by atoms with van der Waals surface area (Å²) in [6.45, 7) is 7.18. The van der Waals surface area contributed by atoms with Crippen molar-refractivity contribution in [3.63, 3.8) is 0 Å². The lowest BCUT2D eigenvalue weighted by Gasteiger charge is -1.96. The van der Waals surface area contributed by atoms with Crippen LogP contribution in [-0.2, 0) is 0 Å². The van der Waals surface area contributed by atoms with Crippen molar-refractivity contribution < 1.29 is 0 Å². The van der Waals surface area contributed by atoms with E-state index in [-0.39, 0.29) is 0 Å². The lowest BCUT2D eigenvalue weighted by atomic mass is 10.4. The number of rotatable bonds is 2. The van der Waals surface area contributed by atoms with Crippen LogP contribution in [0, 0.1) is 0 Å². The molecule has 0 amide bonds. The number of hydrogen-bond donors (Lipinski definition) is 1. The smallest absolute Gasteiger partial charge is 0.0487 e. The second-order valence-electron chi connectivity index (χ2n) is 1.39. The quantitative estimate of drug-likeness (QED) is 0.604. The van der Waals surface area contributed by atoms with E-state index >= 15 is 0 Å². The summed E-state index contributed by atoms with van der Waals surface area (Å²) < 4.78 is 2.02. The van der Waals surface area contributed by atoms with E-state index in [1.165, 1.54) is 0 Å². The molecular formula is C6H7I2N. The first kappa shape index (κ1) is 9.48. The van der Waals surface area contributed by atoms with Gasteiger partial charge in [0.2, 0.25) is 0 Å². The first-order valence-electron chi connectivity index (χ1n) is 2.22. The zero-order valence-corrected chi connectivity index (χ0v) is 9.14. The van der Waals surface area contributed by atoms with Crippen molar-refractivity contribution in [2.75, 3.05) is 0 Å². The number of nitrogens with two attached hydrogens (primary N) is 1. The Morgan fingerprint density at radius 3 is 2.00 bits per heavy atom. The fraction of sp³-hybridized carbons (Fsp3) is 0. The Kier molecular flexibility index (Phi) is 4.55. The van der Waals surface area contributed by atoms with E-state index in [1.807, 2.05) is 0 Å². The van der Waals surface area contributed by atoms with Gasteiger partial charge in [-0.3, -0.25) is 0 Å². The van der Waals surface area contributed by atoms with Crippen molar-refractivity contribution in [2.24, 2.45) is 5.73 Å². The van der Waals surface area contributed by atoms with E-state index in [9.17, 15) is 0 Å². The van der Waals surface area contributed by atoms with Crippen LogP contribution in [-0.4, -0.2) is 0 Å². The van der Waals surface area contributed by atoms with Crippen LogP contribution >= 0.6 is 45.2 Å². The van der Waals surface area contributed by atoms with Crippen LogP contribution in [0.15, 0.2) is 32.1 Å². The summed E-state index contributed by atoms with van der Waals surface area (Å²) in [5.41, 5.74) is 6.00. The van der Waals surface area contributed by atoms with Crippen molar-refractivity contribution in [3.05, 3.63) is 32.1 Å². The third kappa shape index (κ3) is 3.24. The van der Waals surface area contributed by atoms with E-state index < -0.39 is 0 Å². The molecule has 0 unspecified atom stereocenters. The van der Waals surface area contributed by atoms with Gasteiger partial charge in [0.25, 0.3) is 0 Å². The molecule has 1 nitrogen and oxygen atoms in total. The van der Waals surface area contributed by atoms with E-state index in [0.29, 0.717) is 5.70 Å². The molecule has 0 aromatic heterocycles. The van der Waals surface area contributed by atoms with Crippen molar-refractivity contribution in [1.29, 1.82) is 0 Å². The topological polar surface area (TPSA) is 26.0 Å². The van der Waals surface area contributed by atoms with E-state index in [1.54, 1.807) is 6.08 Å². The molecule has 0 fully saturated rings. The summed E-state index contributed by atoms with van der Waals surface area (Å²) in [5, 5.41) is 0. The van der Waals surface area contributed by atoms with Gasteiger partial charge in [0, 0.05) is 12.9 Å². The SMILES string of the molecule is C=C/C(I)=C(/I)C(=C)N. The third-order valence-corrected chi connectivity index (χ3v) is 3.96. The maximum atomic E-state index is 5.40. The summed E-state index contributed by atoms with van der Waals surface area (Å²) in [4.78, 5) is 0. The number of halogens is 2. The van der Waals surface area contributed by atoms with Gasteiger partial charge in [-0.15, -0.1) is 0 Å². The molecule has 2 N–H and O–H groups in total. The van der Waals surface area contributed by atoms with Gasteiger partial charge in [-0.25, -0.2) is 0 Å². The van der Waals surface area contributed by atoms with E-state index in [4.69, 9.17) is 5.73 Å². The highest BCUT2D eigenvalue weighted by atomic mass is 127. The van der Waals surface area contributed by atoms with Crippen LogP contribution in [0.1, 0.15) is 0 Å². The van der Waals surface area contributed by atoms with E-state index in [0.717, 1.165) is 7.16 Å². The Labute approximate surface area is 82.4 Å². The normalized spacial score (nSPS) is 12.2. The van der Waals surface area contributed by atoms with Crippen LogP contribution < -0.4 is 5.73 Å². The molecule has 0 saturated carbocycles. The zero-order chi connectivity index (χ0) is 7.44. The predicted molar refractivity (Wildman–Crippen MR) is 58.6 cm³/mol. The summed E-state index contributed by atoms with van der Waals surface area (Å²) >= 11 is 4.29. The second-order valence-corrected chi connectivity index (χ2v) is 3.63. The number of hydrogen-bond acceptors (Lipinski definition) is 1. The first-order valence-corrected chi connectivity index (χ1v) is 4.37. The summed E-state index contributed by atoms with van der Waals surface area (Å²) in [6.07, 6.45) is 1.75. The minimum absolute atomic E-state index is 0.597. The van der Waals surface area contributed by atoms with Crippen molar-refractivity contribution >= 4 is 45.2 Å². The molecule has 0 atom stereocenters. The Hall–Kier alpha value is 0.480. The van der Waals surface area contributed by atoms with Gasteiger partial charge in [0.05, 0.1) is 0 Å². The average molecular weight is 347 g/mol. The summed E-state index contributed by atoms with van der Waals surface area (Å²) in [7, 11) is 0. The maximum absolute atomic E-state index is 5.40. The Bertz CT molecular complexity index is 170. The standard InChI is InChI=1S/C6H7I2N/c1-3-5(7)6(8)4(2)9/h3H,1-2,9H2/b6-5-. The van der Waals surface area contributed by atoms with Crippen LogP contribution in [0.2, 0.25) is 0 Å². The number of allylic oxidation sites excluding steroid dienone is 3. The van der Waals surface area contributed by atoms with Gasteiger partial charge >= 0.3 is 0 Å². The predicted octanol–water partition coefficient (Wildman–Crippen LogP) is 2.73. The van der Waals surface area contributed by atoms with Gasteiger partial charge < -0.3 is 5.73 Å². The molecule has 0 bridgehead atoms. The molecule has 0 saturated heterocycles. The van der Waals surface area contributed by atoms with Gasteiger partial charge in [0.1, 0.15) is 0 Å². The van der Waals surface area contributed by atoms with Crippen LogP contribution in [0.3, 0.4) is 0 Å². The molecule has 0 aliphatic carbocycles. The molecule has 9 heavy (non-hydrogen) atoms. The van der Waals surface area contributed by atoms with Crippen molar-refractivity contribution in [2.45, 2.75) is 0 Å². The highest BCUT2D eigenvalue weighted by Gasteiger charge is 1.95. The summed E-state index contributed by atoms with van der Waals surface area (Å²) in [6, 6.07) is 0. The van der Waals surface area contributed by atoms with Crippen LogP contribution in [0.25, 0.3) is 0 Å². The molecule has 0 aliphatic heterocycles. The van der Waals surface area contributed by atoms with Gasteiger partial charge in [-0.05, 0) is 45.2 Å². The maximum Gasteiger partial charge on any atom is 0.0487 e. The van der Waals surface area contributed by atoms with Crippen LogP contribution in [0.5, 0.6) is 0 Å². The monoisotopic (exact) mass is 347 g/mol. The van der Waals surface area contributed by atoms with Crippen molar-refractivity contribution in [3.8, 4) is 0 Å². The fourth-order valence-electron chi connectivity index (χ4n) is 0.243. The molecule has 3 heteroatoms. The largest absolute Gasteiger partial charge is 0.398 e. The third-order valence-electron chi connectivity index (χ3n) is 0.671. The molecule has 0 radical (unpaired) electrons. The zero-order valence-electron chi connectivity index (χ0n) is 4.82. The van der Waals surface area contributed by atoms with Gasteiger partial charge in [-0.1, -0.05) is 19.2 Å². The summed E-state index contributed by atoms with van der Waals surface area (Å²) in [5.74, 6) is 0. The lowest BCUT2D eigenvalue weighted by molar-refractivity contribution is 1.44. The minimum atomic E-state index is 0.597. The Morgan fingerprint density at radius 2 is 1.89 bits per heavy atom. The van der Waals surface area contributed by atoms with Crippen molar-refractivity contribution in [1.82, 2.24) is 0 Å². The molecule has 0 spiro atoms. The Morgan fingerprint density at radius 1 is 1.44 bits per heavy atom. The van der Waals surface area contributed by atoms with Gasteiger partial charge in [0.15, 0.2) is 0 Å². The highest BCUT2D eigenvalue weighted by Crippen LogP contribution is 2.22. The molecule has 50 valence electrons. The molecule has 0 heterocycles. The molecule has 0 aliphatic rings. The Balaban J connectivity index is 4.47. The van der Waals surface area contributed by atoms with E-state index in [2.05, 4.69) is 58.3 Å². The minimum Gasteiger partial charge on any atom is -0.398 e. The fourth-order valence-corrected chi connectivity index (χ4v) is 0.810. The molecule has 0 aromatic rings. The first-order chi connectivity index (χ1) is 4.09. The van der Waals surface area contributed by atoms with Gasteiger partial charge in [-0.2, -0.15) is 0 Å². The molecule has 0 aromatic carbocycles. The lowest BCUT2D eigenvalue weighted by Crippen LogP contribution is -1.93. The average Bonchev–Trinajstić information content (AvgIpc) is 1.84. The second kappa shape index (κ2) is 4.32. The van der Waals surface area contributed by atoms with Crippen LogP contribution in [0.4, 0.5) is 0 Å². The molecule has 0 rings (SSSR count). The molecular weight excluding hydrogens is 340 g/mol. The highest BCUT2D eigenvalue weighted by molar-refractivity contribution is 14.1.